The summed E-state index contributed by atoms with van der Waals surface area (Å²) < 4.78 is 0. The van der Waals surface area contributed by atoms with Crippen LogP contribution >= 0.6 is 0 Å². The maximum absolute atomic E-state index is 15.1. The largest absolute Gasteiger partial charge is 0.391 e. The Labute approximate surface area is 252 Å². The Balaban J connectivity index is 1.82. The van der Waals surface area contributed by atoms with Gasteiger partial charge < -0.3 is 36.8 Å². The predicted molar refractivity (Wildman–Crippen MR) is 160 cm³/mol. The third kappa shape index (κ3) is 6.43. The van der Waals surface area contributed by atoms with Crippen molar-refractivity contribution in [1.82, 2.24) is 15.1 Å². The van der Waals surface area contributed by atoms with Gasteiger partial charge in [0.15, 0.2) is 0 Å². The van der Waals surface area contributed by atoms with E-state index in [1.54, 1.807) is 4.90 Å². The standard InChI is InChI=1S/C32H43N5O6/c1-21(38)25(33)28(41)36-17-10-16-32(36,20-24-13-7-4-8-14-24)30(43)37-18-9-15-31(37,19-23-11-5-3-6-12-23)29(42)35-26(22(2)39)27(34)40/h3-8,11-14,21-22,25-26,38-39H,9-10,15-20,33H2,1-2H3,(H2,34,40)(H,35,42)/t21-,22-,25+,26+,31+,32-/m1/s1. The van der Waals surface area contributed by atoms with Crippen LogP contribution in [-0.2, 0) is 32.0 Å². The van der Waals surface area contributed by atoms with E-state index >= 15 is 4.79 Å². The molecule has 2 aliphatic rings. The van der Waals surface area contributed by atoms with E-state index in [-0.39, 0.29) is 25.9 Å². The number of nitrogens with zero attached hydrogens (tertiary/aromatic N) is 2. The van der Waals surface area contributed by atoms with E-state index < -0.39 is 59.0 Å². The summed E-state index contributed by atoms with van der Waals surface area (Å²) in [5.41, 5.74) is 10.5. The van der Waals surface area contributed by atoms with Gasteiger partial charge >= 0.3 is 0 Å². The highest BCUT2D eigenvalue weighted by molar-refractivity contribution is 6.00. The summed E-state index contributed by atoms with van der Waals surface area (Å²) in [6.07, 6.45) is -0.350. The summed E-state index contributed by atoms with van der Waals surface area (Å²) in [4.78, 5) is 58.2. The van der Waals surface area contributed by atoms with Crippen molar-refractivity contribution in [3.05, 3.63) is 71.8 Å². The summed E-state index contributed by atoms with van der Waals surface area (Å²) >= 11 is 0. The van der Waals surface area contributed by atoms with E-state index in [9.17, 15) is 24.6 Å². The number of hydrogen-bond acceptors (Lipinski definition) is 7. The Morgan fingerprint density at radius 2 is 1.30 bits per heavy atom. The number of nitrogens with two attached hydrogens (primary N) is 2. The monoisotopic (exact) mass is 593 g/mol. The van der Waals surface area contributed by atoms with Gasteiger partial charge in [-0.25, -0.2) is 0 Å². The van der Waals surface area contributed by atoms with Crippen molar-refractivity contribution in [2.45, 2.75) is 87.7 Å². The van der Waals surface area contributed by atoms with Crippen molar-refractivity contribution in [2.24, 2.45) is 11.5 Å². The van der Waals surface area contributed by atoms with Crippen molar-refractivity contribution < 1.29 is 29.4 Å². The minimum absolute atomic E-state index is 0.152. The molecule has 2 saturated heterocycles. The number of carbonyl (C=O) groups is 4. The van der Waals surface area contributed by atoms with Crippen LogP contribution in [0.3, 0.4) is 0 Å². The summed E-state index contributed by atoms with van der Waals surface area (Å²) in [5.74, 6) is -2.42. The van der Waals surface area contributed by atoms with Crippen molar-refractivity contribution in [3.63, 3.8) is 0 Å². The predicted octanol–water partition coefficient (Wildman–Crippen LogP) is 0.253. The first-order valence-electron chi connectivity index (χ1n) is 14.9. The Morgan fingerprint density at radius 3 is 1.79 bits per heavy atom. The molecule has 11 nitrogen and oxygen atoms in total. The second kappa shape index (κ2) is 13.2. The zero-order valence-corrected chi connectivity index (χ0v) is 24.8. The molecule has 4 rings (SSSR count). The SMILES string of the molecule is C[C@@H](O)[C@H](N)C(=O)N1CCC[C@@]1(Cc1ccccc1)C(=O)N1CCC[C@]1(Cc1ccccc1)C(=O)N[C@H](C(N)=O)[C@@H](C)O. The van der Waals surface area contributed by atoms with E-state index in [0.717, 1.165) is 11.1 Å². The average Bonchev–Trinajstić information content (AvgIpc) is 3.61. The van der Waals surface area contributed by atoms with Crippen LogP contribution in [0.15, 0.2) is 60.7 Å². The molecular weight excluding hydrogens is 550 g/mol. The molecule has 43 heavy (non-hydrogen) atoms. The molecule has 0 radical (unpaired) electrons. The first-order valence-corrected chi connectivity index (χ1v) is 14.9. The Hall–Kier alpha value is -3.80. The molecule has 4 amide bonds. The van der Waals surface area contributed by atoms with E-state index in [1.165, 1.54) is 18.7 Å². The van der Waals surface area contributed by atoms with Gasteiger partial charge in [0.05, 0.1) is 12.2 Å². The topological polar surface area (TPSA) is 179 Å². The summed E-state index contributed by atoms with van der Waals surface area (Å²) in [7, 11) is 0. The van der Waals surface area contributed by atoms with E-state index in [1.807, 2.05) is 60.7 Å². The molecule has 2 fully saturated rings. The zero-order chi connectivity index (χ0) is 31.4. The molecule has 0 saturated carbocycles. The fourth-order valence-electron chi connectivity index (χ4n) is 6.57. The van der Waals surface area contributed by atoms with Gasteiger partial charge in [0.25, 0.3) is 0 Å². The molecule has 7 N–H and O–H groups in total. The minimum Gasteiger partial charge on any atom is -0.391 e. The maximum Gasteiger partial charge on any atom is 0.249 e. The Bertz CT molecular complexity index is 1310. The van der Waals surface area contributed by atoms with Gasteiger partial charge in [-0.05, 0) is 50.7 Å². The minimum atomic E-state index is -1.42. The van der Waals surface area contributed by atoms with Crippen LogP contribution < -0.4 is 16.8 Å². The van der Waals surface area contributed by atoms with Gasteiger partial charge in [-0.3, -0.25) is 19.2 Å². The molecule has 0 bridgehead atoms. The normalized spacial score (nSPS) is 24.7. The zero-order valence-electron chi connectivity index (χ0n) is 24.8. The number of aliphatic hydroxyl groups excluding tert-OH is 2. The molecule has 2 aromatic rings. The van der Waals surface area contributed by atoms with Gasteiger partial charge in [0.2, 0.25) is 23.6 Å². The molecule has 11 heteroatoms. The highest BCUT2D eigenvalue weighted by atomic mass is 16.3. The molecule has 2 aliphatic heterocycles. The molecule has 0 aromatic heterocycles. The lowest BCUT2D eigenvalue weighted by molar-refractivity contribution is -0.159. The number of amides is 4. The van der Waals surface area contributed by atoms with Crippen molar-refractivity contribution in [1.29, 1.82) is 0 Å². The number of primary amides is 1. The van der Waals surface area contributed by atoms with Crippen LogP contribution in [-0.4, -0.2) is 92.1 Å². The third-order valence-corrected chi connectivity index (χ3v) is 8.87. The maximum atomic E-state index is 15.1. The number of carbonyl (C=O) groups excluding carboxylic acids is 4. The van der Waals surface area contributed by atoms with Crippen molar-refractivity contribution in [2.75, 3.05) is 13.1 Å². The molecule has 232 valence electrons. The van der Waals surface area contributed by atoms with E-state index in [4.69, 9.17) is 11.5 Å². The van der Waals surface area contributed by atoms with Gasteiger partial charge in [0, 0.05) is 25.9 Å². The van der Waals surface area contributed by atoms with Gasteiger partial charge in [-0.15, -0.1) is 0 Å². The number of hydrogen-bond donors (Lipinski definition) is 5. The van der Waals surface area contributed by atoms with E-state index in [0.29, 0.717) is 25.7 Å². The highest BCUT2D eigenvalue weighted by Gasteiger charge is 2.58. The Morgan fingerprint density at radius 1 is 0.814 bits per heavy atom. The molecule has 2 aromatic carbocycles. The third-order valence-electron chi connectivity index (χ3n) is 8.87. The molecule has 0 unspecified atom stereocenters. The lowest BCUT2D eigenvalue weighted by atomic mass is 9.82. The van der Waals surface area contributed by atoms with Gasteiger partial charge in [-0.2, -0.15) is 0 Å². The molecule has 6 atom stereocenters. The first-order chi connectivity index (χ1) is 20.4. The van der Waals surface area contributed by atoms with E-state index in [2.05, 4.69) is 5.32 Å². The van der Waals surface area contributed by atoms with Crippen LogP contribution in [0.5, 0.6) is 0 Å². The van der Waals surface area contributed by atoms with Crippen LogP contribution in [0.1, 0.15) is 50.7 Å². The van der Waals surface area contributed by atoms with Crippen LogP contribution in [0.25, 0.3) is 0 Å². The summed E-state index contributed by atoms with van der Waals surface area (Å²) in [5, 5.41) is 23.0. The average molecular weight is 594 g/mol. The van der Waals surface area contributed by atoms with Crippen molar-refractivity contribution in [3.8, 4) is 0 Å². The summed E-state index contributed by atoms with van der Waals surface area (Å²) in [6.45, 7) is 3.32. The molecule has 2 heterocycles. The number of rotatable bonds is 11. The molecule has 0 spiro atoms. The number of likely N-dealkylation sites (tertiary alicyclic amines) is 2. The first kappa shape index (κ1) is 32.1. The molecular formula is C32H43N5O6. The van der Waals surface area contributed by atoms with Gasteiger partial charge in [-0.1, -0.05) is 60.7 Å². The summed E-state index contributed by atoms with van der Waals surface area (Å²) in [6, 6.07) is 16.1. The fraction of sp³-hybridized carbons (Fsp3) is 0.500. The quantitative estimate of drug-likeness (QED) is 0.248. The second-order valence-electron chi connectivity index (χ2n) is 11.9. The van der Waals surface area contributed by atoms with Crippen LogP contribution in [0.4, 0.5) is 0 Å². The van der Waals surface area contributed by atoms with Crippen LogP contribution in [0, 0.1) is 0 Å². The highest BCUT2D eigenvalue weighted by Crippen LogP contribution is 2.41. The number of nitrogens with one attached hydrogen (secondary N) is 1. The fourth-order valence-corrected chi connectivity index (χ4v) is 6.57. The Kier molecular flexibility index (Phi) is 9.89. The lowest BCUT2D eigenvalue weighted by Crippen LogP contribution is -2.69. The lowest BCUT2D eigenvalue weighted by Gasteiger charge is -2.46. The van der Waals surface area contributed by atoms with Gasteiger partial charge in [0.1, 0.15) is 23.2 Å². The van der Waals surface area contributed by atoms with Crippen LogP contribution in [0.2, 0.25) is 0 Å². The number of aliphatic hydroxyl groups is 2. The van der Waals surface area contributed by atoms with Crippen molar-refractivity contribution >= 4 is 23.6 Å². The smallest absolute Gasteiger partial charge is 0.249 e. The number of benzene rings is 2. The second-order valence-corrected chi connectivity index (χ2v) is 11.9. The molecule has 0 aliphatic carbocycles.